The summed E-state index contributed by atoms with van der Waals surface area (Å²) in [5.41, 5.74) is 0.00174. The summed E-state index contributed by atoms with van der Waals surface area (Å²) < 4.78 is 13.6. The molecule has 2 N–H and O–H groups in total. The van der Waals surface area contributed by atoms with Crippen LogP contribution in [0.25, 0.3) is 0 Å². The zero-order valence-corrected chi connectivity index (χ0v) is 12.0. The highest BCUT2D eigenvalue weighted by Gasteiger charge is 2.16. The Bertz CT molecular complexity index is 437. The van der Waals surface area contributed by atoms with Gasteiger partial charge in [0.2, 0.25) is 0 Å². The Morgan fingerprint density at radius 1 is 1.53 bits per heavy atom. The number of halogens is 3. The zero-order valence-electron chi connectivity index (χ0n) is 10.4. The second-order valence-electron chi connectivity index (χ2n) is 4.44. The average molecular weight is 307 g/mol. The molecule has 1 amide bonds. The molecular weight excluding hydrogens is 290 g/mol. The molecule has 3 nitrogen and oxygen atoms in total. The molecule has 0 aliphatic carbocycles. The van der Waals surface area contributed by atoms with Crippen LogP contribution in [-0.2, 0) is 0 Å². The van der Waals surface area contributed by atoms with Gasteiger partial charge in [-0.25, -0.2) is 4.39 Å². The van der Waals surface area contributed by atoms with Crippen molar-refractivity contribution in [3.8, 4) is 0 Å². The van der Waals surface area contributed by atoms with E-state index in [2.05, 4.69) is 10.6 Å². The third-order valence-electron chi connectivity index (χ3n) is 3.14. The highest BCUT2D eigenvalue weighted by molar-refractivity contribution is 6.31. The fraction of sp³-hybridized carbons (Fsp3) is 0.462. The first-order chi connectivity index (χ1) is 8.68. The van der Waals surface area contributed by atoms with Gasteiger partial charge in [-0.2, -0.15) is 0 Å². The highest BCUT2D eigenvalue weighted by atomic mass is 35.5. The van der Waals surface area contributed by atoms with Gasteiger partial charge in [-0.15, -0.1) is 12.4 Å². The number of rotatable bonds is 4. The summed E-state index contributed by atoms with van der Waals surface area (Å²) in [6.07, 6.45) is 3.19. The minimum absolute atomic E-state index is 0. The Morgan fingerprint density at radius 2 is 2.32 bits per heavy atom. The Kier molecular flexibility index (Phi) is 6.55. The molecule has 1 aliphatic rings. The van der Waals surface area contributed by atoms with Crippen molar-refractivity contribution in [2.75, 3.05) is 13.1 Å². The minimum atomic E-state index is -0.657. The number of benzene rings is 1. The highest BCUT2D eigenvalue weighted by Crippen LogP contribution is 2.17. The first-order valence-electron chi connectivity index (χ1n) is 6.14. The van der Waals surface area contributed by atoms with Crippen molar-refractivity contribution in [1.82, 2.24) is 10.6 Å². The molecule has 0 unspecified atom stereocenters. The number of carbonyl (C=O) groups is 1. The number of amides is 1. The molecule has 1 aliphatic heterocycles. The lowest BCUT2D eigenvalue weighted by Gasteiger charge is -2.11. The molecule has 0 radical (unpaired) electrons. The maximum Gasteiger partial charge on any atom is 0.254 e. The molecule has 1 fully saturated rings. The third kappa shape index (κ3) is 4.34. The number of hydrogen-bond donors (Lipinski definition) is 2. The van der Waals surface area contributed by atoms with Crippen molar-refractivity contribution < 1.29 is 9.18 Å². The van der Waals surface area contributed by atoms with Crippen LogP contribution in [0.2, 0.25) is 5.02 Å². The van der Waals surface area contributed by atoms with Gasteiger partial charge in [-0.3, -0.25) is 4.79 Å². The number of nitrogens with one attached hydrogen (secondary N) is 2. The fourth-order valence-electron chi connectivity index (χ4n) is 2.14. The molecule has 106 valence electrons. The maximum atomic E-state index is 13.6. The molecule has 0 aromatic heterocycles. The van der Waals surface area contributed by atoms with E-state index in [9.17, 15) is 9.18 Å². The largest absolute Gasteiger partial charge is 0.352 e. The van der Waals surface area contributed by atoms with E-state index >= 15 is 0 Å². The van der Waals surface area contributed by atoms with Crippen molar-refractivity contribution in [3.05, 3.63) is 34.6 Å². The van der Waals surface area contributed by atoms with Crippen LogP contribution >= 0.6 is 24.0 Å². The Labute approximate surface area is 123 Å². The Balaban J connectivity index is 0.00000180. The first kappa shape index (κ1) is 16.2. The smallest absolute Gasteiger partial charge is 0.254 e. The maximum absolute atomic E-state index is 13.6. The van der Waals surface area contributed by atoms with Crippen LogP contribution in [0.15, 0.2) is 18.2 Å². The molecule has 0 spiro atoms. The molecule has 1 aromatic rings. The minimum Gasteiger partial charge on any atom is -0.352 e. The van der Waals surface area contributed by atoms with Gasteiger partial charge < -0.3 is 10.6 Å². The molecule has 1 aromatic carbocycles. The Morgan fingerprint density at radius 3 is 3.00 bits per heavy atom. The second kappa shape index (κ2) is 7.68. The van der Waals surface area contributed by atoms with Crippen LogP contribution in [0, 0.1) is 5.82 Å². The molecule has 19 heavy (non-hydrogen) atoms. The van der Waals surface area contributed by atoms with E-state index in [0.717, 1.165) is 19.4 Å². The molecule has 1 atom stereocenters. The quantitative estimate of drug-likeness (QED) is 0.898. The molecule has 0 saturated carbocycles. The van der Waals surface area contributed by atoms with Crippen molar-refractivity contribution in [1.29, 1.82) is 0 Å². The predicted octanol–water partition coefficient (Wildman–Crippen LogP) is 2.77. The first-order valence-corrected chi connectivity index (χ1v) is 6.52. The summed E-state index contributed by atoms with van der Waals surface area (Å²) >= 11 is 5.63. The van der Waals surface area contributed by atoms with Gasteiger partial charge in [0.15, 0.2) is 5.82 Å². The van der Waals surface area contributed by atoms with E-state index in [0.29, 0.717) is 12.6 Å². The van der Waals surface area contributed by atoms with Gasteiger partial charge in [-0.05, 0) is 37.9 Å². The van der Waals surface area contributed by atoms with Gasteiger partial charge in [0.1, 0.15) is 0 Å². The standard InChI is InChI=1S/C13H16ClFN2O.ClH/c14-11-5-1-4-10(12(11)15)13(18)17-8-6-9-3-2-7-16-9;/h1,4-5,9,16H,2-3,6-8H2,(H,17,18);1H/t9-;/m1./s1. The monoisotopic (exact) mass is 306 g/mol. The number of hydrogen-bond acceptors (Lipinski definition) is 2. The topological polar surface area (TPSA) is 41.1 Å². The molecule has 2 rings (SSSR count). The summed E-state index contributed by atoms with van der Waals surface area (Å²) in [6.45, 7) is 1.59. The predicted molar refractivity (Wildman–Crippen MR) is 76.6 cm³/mol. The van der Waals surface area contributed by atoms with E-state index in [-0.39, 0.29) is 23.0 Å². The normalized spacial score (nSPS) is 17.9. The number of carbonyl (C=O) groups excluding carboxylic acids is 1. The average Bonchev–Trinajstić information content (AvgIpc) is 2.85. The molecule has 6 heteroatoms. The van der Waals surface area contributed by atoms with Crippen LogP contribution in [0.4, 0.5) is 4.39 Å². The van der Waals surface area contributed by atoms with Crippen molar-refractivity contribution in [3.63, 3.8) is 0 Å². The SMILES string of the molecule is Cl.O=C(NCC[C@H]1CCCN1)c1cccc(Cl)c1F. The Hall–Kier alpha value is -0.840. The van der Waals surface area contributed by atoms with Crippen molar-refractivity contribution >= 4 is 29.9 Å². The molecule has 1 heterocycles. The second-order valence-corrected chi connectivity index (χ2v) is 4.85. The van der Waals surface area contributed by atoms with E-state index in [4.69, 9.17) is 11.6 Å². The van der Waals surface area contributed by atoms with Gasteiger partial charge >= 0.3 is 0 Å². The third-order valence-corrected chi connectivity index (χ3v) is 3.43. The van der Waals surface area contributed by atoms with Crippen LogP contribution in [0.1, 0.15) is 29.6 Å². The summed E-state index contributed by atoms with van der Waals surface area (Å²) in [4.78, 5) is 11.8. The van der Waals surface area contributed by atoms with Crippen molar-refractivity contribution in [2.45, 2.75) is 25.3 Å². The van der Waals surface area contributed by atoms with Gasteiger partial charge in [-0.1, -0.05) is 17.7 Å². The van der Waals surface area contributed by atoms with Gasteiger partial charge in [0.25, 0.3) is 5.91 Å². The summed E-state index contributed by atoms with van der Waals surface area (Å²) in [5.74, 6) is -1.07. The van der Waals surface area contributed by atoms with E-state index in [1.165, 1.54) is 18.6 Å². The molecule has 1 saturated heterocycles. The summed E-state index contributed by atoms with van der Waals surface area (Å²) in [7, 11) is 0. The van der Waals surface area contributed by atoms with Crippen molar-refractivity contribution in [2.24, 2.45) is 0 Å². The van der Waals surface area contributed by atoms with E-state index < -0.39 is 11.7 Å². The van der Waals surface area contributed by atoms with Crippen LogP contribution in [0.5, 0.6) is 0 Å². The van der Waals surface area contributed by atoms with Crippen LogP contribution < -0.4 is 10.6 Å². The zero-order chi connectivity index (χ0) is 13.0. The lowest BCUT2D eigenvalue weighted by molar-refractivity contribution is 0.0948. The van der Waals surface area contributed by atoms with E-state index in [1.54, 1.807) is 6.07 Å². The van der Waals surface area contributed by atoms with E-state index in [1.807, 2.05) is 0 Å². The van der Waals surface area contributed by atoms with Gasteiger partial charge in [0, 0.05) is 12.6 Å². The molecular formula is C13H17Cl2FN2O. The summed E-state index contributed by atoms with van der Waals surface area (Å²) in [5, 5.41) is 6.03. The molecule has 0 bridgehead atoms. The van der Waals surface area contributed by atoms with Crippen LogP contribution in [-0.4, -0.2) is 25.0 Å². The van der Waals surface area contributed by atoms with Gasteiger partial charge in [0.05, 0.1) is 10.6 Å². The lowest BCUT2D eigenvalue weighted by Crippen LogP contribution is -2.31. The lowest BCUT2D eigenvalue weighted by atomic mass is 10.1. The van der Waals surface area contributed by atoms with Crippen LogP contribution in [0.3, 0.4) is 0 Å². The fourth-order valence-corrected chi connectivity index (χ4v) is 2.31. The summed E-state index contributed by atoms with van der Waals surface area (Å²) in [6, 6.07) is 4.90.